The molecule has 0 radical (unpaired) electrons. The van der Waals surface area contributed by atoms with Crippen molar-refractivity contribution in [1.29, 1.82) is 5.26 Å². The van der Waals surface area contributed by atoms with Crippen LogP contribution in [0.25, 0.3) is 16.7 Å². The normalized spacial score (nSPS) is 13.7. The van der Waals surface area contributed by atoms with Gasteiger partial charge in [0.05, 0.1) is 36.0 Å². The number of nitriles is 1. The van der Waals surface area contributed by atoms with Crippen molar-refractivity contribution >= 4 is 29.2 Å². The molecule has 0 atom stereocenters. The zero-order valence-electron chi connectivity index (χ0n) is 21.5. The van der Waals surface area contributed by atoms with Gasteiger partial charge >= 0.3 is 18.2 Å². The molecule has 3 aromatic rings. The molecule has 0 saturated heterocycles. The van der Waals surface area contributed by atoms with E-state index in [1.807, 2.05) is 6.07 Å². The van der Waals surface area contributed by atoms with E-state index in [1.165, 1.54) is 19.2 Å². The smallest absolute Gasteiger partial charge is 0.358 e. The van der Waals surface area contributed by atoms with Crippen molar-refractivity contribution in [2.45, 2.75) is 13.1 Å². The second kappa shape index (κ2) is 11.3. The fraction of sp³-hybridized carbons (Fsp3) is 0.172. The number of alkyl halides is 3. The van der Waals surface area contributed by atoms with Crippen molar-refractivity contribution in [2.24, 2.45) is 0 Å². The zero-order chi connectivity index (χ0) is 29.0. The van der Waals surface area contributed by atoms with Crippen LogP contribution < -0.4 is 15.5 Å². The Kier molecular flexibility index (Phi) is 7.90. The Morgan fingerprint density at radius 1 is 1.00 bits per heavy atom. The summed E-state index contributed by atoms with van der Waals surface area (Å²) in [4.78, 5) is 40.3. The SMILES string of the molecule is CNC(=O)CNC(=O)N1CC(c2ccccc2-c2ccc(C#N)cc2)=C(C)N(c2cccc(C(F)(F)F)c2)C1=O. The van der Waals surface area contributed by atoms with Crippen molar-refractivity contribution in [3.63, 3.8) is 0 Å². The van der Waals surface area contributed by atoms with E-state index in [0.29, 0.717) is 22.4 Å². The molecule has 4 rings (SSSR count). The highest BCUT2D eigenvalue weighted by atomic mass is 19.4. The molecule has 0 aromatic heterocycles. The minimum atomic E-state index is -4.65. The molecular formula is C29H24F3N5O3. The molecule has 0 spiro atoms. The summed E-state index contributed by atoms with van der Waals surface area (Å²) in [6.07, 6.45) is -4.65. The van der Waals surface area contributed by atoms with Crippen LogP contribution in [-0.4, -0.2) is 43.0 Å². The number of carbonyl (C=O) groups excluding carboxylic acids is 3. The van der Waals surface area contributed by atoms with E-state index in [2.05, 4.69) is 16.7 Å². The molecule has 0 fully saturated rings. The Hall–Kier alpha value is -5.11. The van der Waals surface area contributed by atoms with Gasteiger partial charge in [-0.1, -0.05) is 42.5 Å². The van der Waals surface area contributed by atoms with Gasteiger partial charge < -0.3 is 10.6 Å². The van der Waals surface area contributed by atoms with Crippen LogP contribution in [-0.2, 0) is 11.0 Å². The van der Waals surface area contributed by atoms with Crippen molar-refractivity contribution in [3.05, 3.63) is 95.2 Å². The fourth-order valence-corrected chi connectivity index (χ4v) is 4.37. The minimum absolute atomic E-state index is 0.0746. The second-order valence-corrected chi connectivity index (χ2v) is 8.88. The van der Waals surface area contributed by atoms with Crippen LogP contribution in [0.4, 0.5) is 28.4 Å². The predicted molar refractivity (Wildman–Crippen MR) is 143 cm³/mol. The van der Waals surface area contributed by atoms with Crippen molar-refractivity contribution < 1.29 is 27.6 Å². The molecule has 1 aliphatic heterocycles. The lowest BCUT2D eigenvalue weighted by atomic mass is 9.91. The molecule has 0 bridgehead atoms. The maximum atomic E-state index is 13.6. The standard InChI is InChI=1S/C29H24F3N5O3/c1-18-25(24-9-4-3-8-23(24)20-12-10-19(15-33)11-13-20)17-36(27(39)35-16-26(38)34-2)28(40)37(18)22-7-5-6-21(14-22)29(30,31)32/h3-14H,16-17H2,1-2H3,(H,34,38)(H,35,39). The summed E-state index contributed by atoms with van der Waals surface area (Å²) < 4.78 is 40.6. The number of hydrogen-bond acceptors (Lipinski definition) is 4. The summed E-state index contributed by atoms with van der Waals surface area (Å²) in [6.45, 7) is 0.998. The lowest BCUT2D eigenvalue weighted by molar-refractivity contribution is -0.137. The van der Waals surface area contributed by atoms with E-state index < -0.39 is 36.3 Å². The molecular weight excluding hydrogens is 523 g/mol. The van der Waals surface area contributed by atoms with Gasteiger partial charge in [-0.2, -0.15) is 18.4 Å². The number of amides is 5. The number of nitrogens with zero attached hydrogens (tertiary/aromatic N) is 3. The van der Waals surface area contributed by atoms with Gasteiger partial charge in [-0.15, -0.1) is 0 Å². The van der Waals surface area contributed by atoms with Crippen LogP contribution in [0.15, 0.2) is 78.5 Å². The maximum absolute atomic E-state index is 13.6. The van der Waals surface area contributed by atoms with Gasteiger partial charge in [-0.25, -0.2) is 14.5 Å². The van der Waals surface area contributed by atoms with Crippen LogP contribution in [0.3, 0.4) is 0 Å². The number of nitrogens with one attached hydrogen (secondary N) is 2. The summed E-state index contributed by atoms with van der Waals surface area (Å²) in [5.41, 5.74) is 2.40. The molecule has 5 amide bonds. The Morgan fingerprint density at radius 3 is 2.30 bits per heavy atom. The van der Waals surface area contributed by atoms with Gasteiger partial charge in [0.15, 0.2) is 0 Å². The average Bonchev–Trinajstić information content (AvgIpc) is 2.95. The zero-order valence-corrected chi connectivity index (χ0v) is 21.5. The number of carbonyl (C=O) groups is 3. The first-order valence-electron chi connectivity index (χ1n) is 12.1. The Balaban J connectivity index is 1.87. The number of allylic oxidation sites excluding steroid dienone is 1. The molecule has 0 unspecified atom stereocenters. The minimum Gasteiger partial charge on any atom is -0.358 e. The highest BCUT2D eigenvalue weighted by Gasteiger charge is 2.38. The quantitative estimate of drug-likeness (QED) is 0.448. The highest BCUT2D eigenvalue weighted by molar-refractivity contribution is 6.09. The van der Waals surface area contributed by atoms with Crippen LogP contribution in [0.5, 0.6) is 0 Å². The first-order chi connectivity index (χ1) is 19.0. The molecule has 0 saturated carbocycles. The molecule has 1 heterocycles. The summed E-state index contributed by atoms with van der Waals surface area (Å²) >= 11 is 0. The third kappa shape index (κ3) is 5.66. The van der Waals surface area contributed by atoms with E-state index in [1.54, 1.807) is 49.4 Å². The Morgan fingerprint density at radius 2 is 1.68 bits per heavy atom. The highest BCUT2D eigenvalue weighted by Crippen LogP contribution is 2.38. The third-order valence-electron chi connectivity index (χ3n) is 6.44. The van der Waals surface area contributed by atoms with Crippen molar-refractivity contribution in [3.8, 4) is 17.2 Å². The third-order valence-corrected chi connectivity index (χ3v) is 6.44. The van der Waals surface area contributed by atoms with Crippen LogP contribution in [0, 0.1) is 11.3 Å². The fourth-order valence-electron chi connectivity index (χ4n) is 4.37. The average molecular weight is 548 g/mol. The van der Waals surface area contributed by atoms with Gasteiger partial charge in [0.25, 0.3) is 0 Å². The lowest BCUT2D eigenvalue weighted by Crippen LogP contribution is -2.54. The molecule has 3 aromatic carbocycles. The number of anilines is 1. The largest absolute Gasteiger partial charge is 0.416 e. The maximum Gasteiger partial charge on any atom is 0.416 e. The second-order valence-electron chi connectivity index (χ2n) is 8.88. The van der Waals surface area contributed by atoms with Crippen LogP contribution in [0.1, 0.15) is 23.6 Å². The van der Waals surface area contributed by atoms with Gasteiger partial charge in [0, 0.05) is 12.7 Å². The van der Waals surface area contributed by atoms with E-state index in [9.17, 15) is 27.6 Å². The number of hydrogen-bond donors (Lipinski definition) is 2. The molecule has 40 heavy (non-hydrogen) atoms. The molecule has 204 valence electrons. The topological polar surface area (TPSA) is 106 Å². The number of likely N-dealkylation sites (N-methyl/N-ethyl adjacent to an activating group) is 1. The van der Waals surface area contributed by atoms with Crippen molar-refractivity contribution in [2.75, 3.05) is 25.0 Å². The molecule has 8 nitrogen and oxygen atoms in total. The van der Waals surface area contributed by atoms with E-state index in [4.69, 9.17) is 5.26 Å². The van der Waals surface area contributed by atoms with Gasteiger partial charge in [-0.3, -0.25) is 9.69 Å². The first-order valence-corrected chi connectivity index (χ1v) is 12.1. The molecule has 11 heteroatoms. The van der Waals surface area contributed by atoms with Crippen LogP contribution >= 0.6 is 0 Å². The number of rotatable bonds is 5. The van der Waals surface area contributed by atoms with Crippen LogP contribution in [0.2, 0.25) is 0 Å². The Bertz CT molecular complexity index is 1540. The van der Waals surface area contributed by atoms with Gasteiger partial charge in [-0.05, 0) is 59.5 Å². The molecule has 0 aliphatic carbocycles. The number of urea groups is 2. The summed E-state index contributed by atoms with van der Waals surface area (Å²) in [5, 5.41) is 13.9. The molecule has 1 aliphatic rings. The van der Waals surface area contributed by atoms with Gasteiger partial charge in [0.1, 0.15) is 0 Å². The number of benzene rings is 3. The summed E-state index contributed by atoms with van der Waals surface area (Å²) in [7, 11) is 1.39. The predicted octanol–water partition coefficient (Wildman–Crippen LogP) is 5.37. The summed E-state index contributed by atoms with van der Waals surface area (Å²) in [5.74, 6) is -0.495. The van der Waals surface area contributed by atoms with E-state index in [0.717, 1.165) is 33.1 Å². The molecule has 2 N–H and O–H groups in total. The lowest BCUT2D eigenvalue weighted by Gasteiger charge is -2.37. The van der Waals surface area contributed by atoms with Gasteiger partial charge in [0.2, 0.25) is 5.91 Å². The Labute approximate surface area is 228 Å². The summed E-state index contributed by atoms with van der Waals surface area (Å²) in [6, 6.07) is 18.6. The first kappa shape index (κ1) is 27.9. The monoisotopic (exact) mass is 547 g/mol. The van der Waals surface area contributed by atoms with E-state index >= 15 is 0 Å². The van der Waals surface area contributed by atoms with Crippen molar-refractivity contribution in [1.82, 2.24) is 15.5 Å². The number of imide groups is 1. The number of halogens is 3. The van der Waals surface area contributed by atoms with E-state index in [-0.39, 0.29) is 12.2 Å².